The van der Waals surface area contributed by atoms with Gasteiger partial charge in [0.1, 0.15) is 5.75 Å². The number of aliphatic hydroxyl groups is 1. The first-order chi connectivity index (χ1) is 12.4. The van der Waals surface area contributed by atoms with Crippen LogP contribution < -0.4 is 4.74 Å². The second-order valence-electron chi connectivity index (χ2n) is 6.80. The first-order valence-electron chi connectivity index (χ1n) is 8.80. The maximum Gasteiger partial charge on any atom is 0.290 e. The number of methoxy groups -OCH3 is 2. The monoisotopic (exact) mass is 361 g/mol. The van der Waals surface area contributed by atoms with E-state index in [4.69, 9.17) is 9.47 Å². The van der Waals surface area contributed by atoms with Crippen molar-refractivity contribution in [3.8, 4) is 5.75 Å². The van der Waals surface area contributed by atoms with Crippen LogP contribution in [0, 0.1) is 5.92 Å². The molecule has 1 atom stereocenters. The Morgan fingerprint density at radius 3 is 2.42 bits per heavy atom. The molecule has 0 radical (unpaired) electrons. The zero-order valence-corrected chi connectivity index (χ0v) is 15.8. The lowest BCUT2D eigenvalue weighted by Crippen LogP contribution is -2.32. The smallest absolute Gasteiger partial charge is 0.290 e. The summed E-state index contributed by atoms with van der Waals surface area (Å²) in [6, 6.07) is 6.62. The molecule has 1 amide bonds. The van der Waals surface area contributed by atoms with Crippen LogP contribution in [-0.2, 0) is 14.3 Å². The van der Waals surface area contributed by atoms with Crippen LogP contribution in [0.15, 0.2) is 35.6 Å². The molecule has 0 saturated carbocycles. The molecule has 1 aliphatic rings. The van der Waals surface area contributed by atoms with E-state index in [2.05, 4.69) is 0 Å². The third kappa shape index (κ3) is 4.25. The van der Waals surface area contributed by atoms with Gasteiger partial charge < -0.3 is 19.5 Å². The number of carbonyl (C=O) groups is 2. The van der Waals surface area contributed by atoms with Gasteiger partial charge in [-0.15, -0.1) is 0 Å². The van der Waals surface area contributed by atoms with Gasteiger partial charge in [-0.2, -0.15) is 0 Å². The van der Waals surface area contributed by atoms with Crippen LogP contribution >= 0.6 is 0 Å². The summed E-state index contributed by atoms with van der Waals surface area (Å²) in [6.07, 6.45) is 0.902. The van der Waals surface area contributed by atoms with Crippen LogP contribution in [0.1, 0.15) is 38.3 Å². The van der Waals surface area contributed by atoms with Gasteiger partial charge in [0.15, 0.2) is 11.5 Å². The van der Waals surface area contributed by atoms with Gasteiger partial charge in [-0.1, -0.05) is 26.0 Å². The lowest BCUT2D eigenvalue weighted by molar-refractivity contribution is -0.129. The van der Waals surface area contributed by atoms with E-state index in [1.54, 1.807) is 31.3 Å². The van der Waals surface area contributed by atoms with Crippen LogP contribution in [0.4, 0.5) is 0 Å². The number of amides is 1. The van der Waals surface area contributed by atoms with Crippen molar-refractivity contribution < 1.29 is 24.2 Å². The molecule has 2 rings (SSSR count). The fraction of sp³-hybridized carbons (Fsp3) is 0.500. The summed E-state index contributed by atoms with van der Waals surface area (Å²) in [5, 5.41) is 10.4. The molecule has 1 N–H and O–H groups in total. The summed E-state index contributed by atoms with van der Waals surface area (Å²) in [7, 11) is 3.18. The Balaban J connectivity index is 2.40. The minimum Gasteiger partial charge on any atom is -0.503 e. The van der Waals surface area contributed by atoms with E-state index in [-0.39, 0.29) is 23.7 Å². The van der Waals surface area contributed by atoms with E-state index in [9.17, 15) is 14.7 Å². The summed E-state index contributed by atoms with van der Waals surface area (Å²) in [5.74, 6) is -0.312. The van der Waals surface area contributed by atoms with Gasteiger partial charge in [0.25, 0.3) is 5.91 Å². The van der Waals surface area contributed by atoms with Crippen molar-refractivity contribution in [2.24, 2.45) is 5.92 Å². The molecule has 1 aliphatic heterocycles. The summed E-state index contributed by atoms with van der Waals surface area (Å²) in [4.78, 5) is 26.9. The molecule has 1 aromatic carbocycles. The molecule has 1 unspecified atom stereocenters. The Labute approximate surface area is 154 Å². The zero-order valence-electron chi connectivity index (χ0n) is 15.8. The number of ether oxygens (including phenoxy) is 2. The highest BCUT2D eigenvalue weighted by Crippen LogP contribution is 2.39. The highest BCUT2D eigenvalue weighted by atomic mass is 16.5. The van der Waals surface area contributed by atoms with E-state index >= 15 is 0 Å². The normalized spacial score (nSPS) is 17.3. The van der Waals surface area contributed by atoms with Crippen molar-refractivity contribution in [3.05, 3.63) is 41.2 Å². The number of benzene rings is 1. The number of aliphatic hydroxyl groups excluding tert-OH is 1. The zero-order chi connectivity index (χ0) is 19.3. The van der Waals surface area contributed by atoms with Gasteiger partial charge in [0.05, 0.1) is 18.7 Å². The topological polar surface area (TPSA) is 76.1 Å². The van der Waals surface area contributed by atoms with Crippen LogP contribution in [0.5, 0.6) is 5.75 Å². The Kier molecular flexibility index (Phi) is 6.80. The van der Waals surface area contributed by atoms with Gasteiger partial charge in [0.2, 0.25) is 0 Å². The molecule has 0 saturated heterocycles. The van der Waals surface area contributed by atoms with Crippen LogP contribution in [0.2, 0.25) is 0 Å². The van der Waals surface area contributed by atoms with Crippen LogP contribution in [0.25, 0.3) is 0 Å². The summed E-state index contributed by atoms with van der Waals surface area (Å²) in [6.45, 7) is 4.76. The minimum absolute atomic E-state index is 0.136. The lowest BCUT2D eigenvalue weighted by Gasteiger charge is -2.27. The average molecular weight is 361 g/mol. The maximum atomic E-state index is 12.7. The summed E-state index contributed by atoms with van der Waals surface area (Å²) < 4.78 is 10.2. The summed E-state index contributed by atoms with van der Waals surface area (Å²) >= 11 is 0. The highest BCUT2D eigenvalue weighted by Gasteiger charge is 2.42. The predicted octanol–water partition coefficient (Wildman–Crippen LogP) is 3.04. The van der Waals surface area contributed by atoms with E-state index in [0.717, 1.165) is 5.56 Å². The first kappa shape index (κ1) is 20.0. The molecule has 142 valence electrons. The van der Waals surface area contributed by atoms with Gasteiger partial charge >= 0.3 is 0 Å². The third-order valence-corrected chi connectivity index (χ3v) is 4.38. The first-order valence-corrected chi connectivity index (χ1v) is 8.80. The minimum atomic E-state index is -0.587. The van der Waals surface area contributed by atoms with Crippen molar-refractivity contribution >= 4 is 11.7 Å². The second kappa shape index (κ2) is 8.85. The lowest BCUT2D eigenvalue weighted by atomic mass is 9.92. The molecule has 0 bridgehead atoms. The number of carbonyl (C=O) groups excluding carboxylic acids is 2. The highest BCUT2D eigenvalue weighted by molar-refractivity contribution is 6.09. The fourth-order valence-electron chi connectivity index (χ4n) is 3.16. The maximum absolute atomic E-state index is 12.7. The largest absolute Gasteiger partial charge is 0.503 e. The molecule has 0 aromatic heterocycles. The van der Waals surface area contributed by atoms with Gasteiger partial charge in [-0.25, -0.2) is 0 Å². The van der Waals surface area contributed by atoms with Crippen LogP contribution in [0.3, 0.4) is 0 Å². The van der Waals surface area contributed by atoms with Crippen LogP contribution in [-0.4, -0.2) is 49.1 Å². The van der Waals surface area contributed by atoms with Gasteiger partial charge in [-0.3, -0.25) is 9.59 Å². The SMILES string of the molecule is COCCCN1C(=O)C(O)=C(C(=O)CC(C)C)C1c1ccc(OC)cc1. The molecule has 1 aromatic rings. The average Bonchev–Trinajstić information content (AvgIpc) is 2.86. The fourth-order valence-corrected chi connectivity index (χ4v) is 3.16. The molecule has 0 fully saturated rings. The molecular formula is C20H27NO5. The second-order valence-corrected chi connectivity index (χ2v) is 6.80. The van der Waals surface area contributed by atoms with Crippen molar-refractivity contribution in [1.82, 2.24) is 4.90 Å². The number of ketones is 1. The van der Waals surface area contributed by atoms with E-state index < -0.39 is 17.7 Å². The number of hydrogen-bond donors (Lipinski definition) is 1. The predicted molar refractivity (Wildman–Crippen MR) is 98.1 cm³/mol. The number of Topliss-reactive ketones (excluding diaryl/α,β-unsaturated/α-hetero) is 1. The Morgan fingerprint density at radius 1 is 1.23 bits per heavy atom. The van der Waals surface area contributed by atoms with Crippen molar-refractivity contribution in [2.45, 2.75) is 32.7 Å². The number of nitrogens with zero attached hydrogens (tertiary/aromatic N) is 1. The van der Waals surface area contributed by atoms with E-state index in [0.29, 0.717) is 25.3 Å². The molecule has 0 spiro atoms. The number of hydrogen-bond acceptors (Lipinski definition) is 5. The summed E-state index contributed by atoms with van der Waals surface area (Å²) in [5.41, 5.74) is 0.957. The van der Waals surface area contributed by atoms with Gasteiger partial charge in [0, 0.05) is 26.7 Å². The van der Waals surface area contributed by atoms with E-state index in [1.165, 1.54) is 0 Å². The third-order valence-electron chi connectivity index (χ3n) is 4.38. The Morgan fingerprint density at radius 2 is 1.88 bits per heavy atom. The molecule has 6 heteroatoms. The molecule has 6 nitrogen and oxygen atoms in total. The standard InChI is InChI=1S/C20H27NO5/c1-13(2)12-16(22)17-18(14-6-8-15(26-4)9-7-14)21(10-5-11-25-3)20(24)19(17)23/h6-9,13,18,23H,5,10-12H2,1-4H3. The van der Waals surface area contributed by atoms with E-state index in [1.807, 2.05) is 26.0 Å². The quantitative estimate of drug-likeness (QED) is 0.684. The number of rotatable bonds is 9. The van der Waals surface area contributed by atoms with Crippen molar-refractivity contribution in [2.75, 3.05) is 27.4 Å². The van der Waals surface area contributed by atoms with Crippen molar-refractivity contribution in [1.29, 1.82) is 0 Å². The Hall–Kier alpha value is -2.34. The molecular weight excluding hydrogens is 334 g/mol. The molecule has 26 heavy (non-hydrogen) atoms. The Bertz CT molecular complexity index is 678. The molecule has 1 heterocycles. The van der Waals surface area contributed by atoms with Crippen molar-refractivity contribution in [3.63, 3.8) is 0 Å². The van der Waals surface area contributed by atoms with Gasteiger partial charge in [-0.05, 0) is 30.0 Å². The molecule has 0 aliphatic carbocycles.